The Bertz CT molecular complexity index is 279. The summed E-state index contributed by atoms with van der Waals surface area (Å²) in [6.45, 7) is 1.10. The van der Waals surface area contributed by atoms with E-state index < -0.39 is 18.6 Å². The van der Waals surface area contributed by atoms with E-state index >= 15 is 0 Å². The molecular formula is C8H10F3NO. The van der Waals surface area contributed by atoms with Gasteiger partial charge in [0.2, 0.25) is 0 Å². The van der Waals surface area contributed by atoms with Gasteiger partial charge >= 0.3 is 6.18 Å². The third-order valence-electron chi connectivity index (χ3n) is 1.74. The Hall–Kier alpha value is -0.970. The Morgan fingerprint density at radius 2 is 2.08 bits per heavy atom. The molecule has 0 aliphatic heterocycles. The van der Waals surface area contributed by atoms with E-state index in [1.165, 1.54) is 12.1 Å². The fourth-order valence-electron chi connectivity index (χ4n) is 1.05. The molecule has 0 saturated heterocycles. The van der Waals surface area contributed by atoms with Crippen molar-refractivity contribution in [2.24, 2.45) is 5.73 Å². The first-order chi connectivity index (χ1) is 5.95. The van der Waals surface area contributed by atoms with Gasteiger partial charge in [-0.1, -0.05) is 0 Å². The molecule has 13 heavy (non-hydrogen) atoms. The van der Waals surface area contributed by atoms with Gasteiger partial charge in [0.15, 0.2) is 0 Å². The Balaban J connectivity index is 2.91. The van der Waals surface area contributed by atoms with Gasteiger partial charge in [-0.3, -0.25) is 0 Å². The molecule has 5 heteroatoms. The van der Waals surface area contributed by atoms with Gasteiger partial charge in [0.25, 0.3) is 0 Å². The highest BCUT2D eigenvalue weighted by molar-refractivity contribution is 5.12. The monoisotopic (exact) mass is 193 g/mol. The Kier molecular flexibility index (Phi) is 2.66. The highest BCUT2D eigenvalue weighted by atomic mass is 19.4. The summed E-state index contributed by atoms with van der Waals surface area (Å²) in [5.41, 5.74) is 5.02. The van der Waals surface area contributed by atoms with Crippen molar-refractivity contribution in [1.82, 2.24) is 0 Å². The van der Waals surface area contributed by atoms with Crippen LogP contribution in [0.4, 0.5) is 13.2 Å². The minimum Gasteiger partial charge on any atom is -0.466 e. The molecular weight excluding hydrogens is 183 g/mol. The summed E-state index contributed by atoms with van der Waals surface area (Å²) in [5, 5.41) is 0. The second-order valence-corrected chi connectivity index (χ2v) is 2.78. The molecule has 2 N–H and O–H groups in total. The molecule has 0 amide bonds. The number of aryl methyl sites for hydroxylation is 1. The third-order valence-corrected chi connectivity index (χ3v) is 1.74. The van der Waals surface area contributed by atoms with Gasteiger partial charge < -0.3 is 10.2 Å². The van der Waals surface area contributed by atoms with E-state index in [9.17, 15) is 13.2 Å². The van der Waals surface area contributed by atoms with Gasteiger partial charge in [-0.2, -0.15) is 13.2 Å². The lowest BCUT2D eigenvalue weighted by Crippen LogP contribution is -2.27. The van der Waals surface area contributed by atoms with Crippen molar-refractivity contribution in [1.29, 1.82) is 0 Å². The summed E-state index contributed by atoms with van der Waals surface area (Å²) in [6.07, 6.45) is -4.33. The predicted molar refractivity (Wildman–Crippen MR) is 41.3 cm³/mol. The van der Waals surface area contributed by atoms with Crippen LogP contribution in [-0.4, -0.2) is 12.7 Å². The molecule has 1 aromatic heterocycles. The summed E-state index contributed by atoms with van der Waals surface area (Å²) in [6, 6.07) is 2.80. The number of alkyl halides is 3. The molecule has 1 heterocycles. The van der Waals surface area contributed by atoms with Crippen molar-refractivity contribution in [2.75, 3.05) is 6.54 Å². The minimum absolute atomic E-state index is 0.118. The molecule has 2 nitrogen and oxygen atoms in total. The van der Waals surface area contributed by atoms with Crippen molar-refractivity contribution in [3.63, 3.8) is 0 Å². The molecule has 0 radical (unpaired) electrons. The number of rotatable bonds is 2. The number of furan rings is 1. The quantitative estimate of drug-likeness (QED) is 0.781. The van der Waals surface area contributed by atoms with Gasteiger partial charge in [0, 0.05) is 6.54 Å². The van der Waals surface area contributed by atoms with Gasteiger partial charge in [-0.05, 0) is 19.1 Å². The van der Waals surface area contributed by atoms with Gasteiger partial charge in [-0.25, -0.2) is 0 Å². The fourth-order valence-corrected chi connectivity index (χ4v) is 1.05. The minimum atomic E-state index is -4.33. The SMILES string of the molecule is Cc1ccc(C(CN)C(F)(F)F)o1. The molecule has 1 rings (SSSR count). The second-order valence-electron chi connectivity index (χ2n) is 2.78. The van der Waals surface area contributed by atoms with E-state index in [1.54, 1.807) is 6.92 Å². The maximum absolute atomic E-state index is 12.3. The molecule has 0 aromatic carbocycles. The summed E-state index contributed by atoms with van der Waals surface area (Å²) < 4.78 is 41.7. The fraction of sp³-hybridized carbons (Fsp3) is 0.500. The van der Waals surface area contributed by atoms with E-state index in [4.69, 9.17) is 10.2 Å². The lowest BCUT2D eigenvalue weighted by molar-refractivity contribution is -0.151. The van der Waals surface area contributed by atoms with Crippen LogP contribution in [0.25, 0.3) is 0 Å². The highest BCUT2D eigenvalue weighted by Crippen LogP contribution is 2.34. The molecule has 0 bridgehead atoms. The van der Waals surface area contributed by atoms with E-state index in [0.717, 1.165) is 0 Å². The van der Waals surface area contributed by atoms with Crippen LogP contribution in [0.5, 0.6) is 0 Å². The standard InChI is InChI=1S/C8H10F3NO/c1-5-2-3-7(13-5)6(4-12)8(9,10)11/h2-3,6H,4,12H2,1H3. The molecule has 74 valence electrons. The summed E-state index contributed by atoms with van der Waals surface area (Å²) in [4.78, 5) is 0. The molecule has 0 aliphatic rings. The molecule has 1 aromatic rings. The van der Waals surface area contributed by atoms with Crippen LogP contribution in [0.2, 0.25) is 0 Å². The number of halogens is 3. The van der Waals surface area contributed by atoms with Crippen molar-refractivity contribution >= 4 is 0 Å². The van der Waals surface area contributed by atoms with E-state index in [0.29, 0.717) is 5.76 Å². The number of hydrogen-bond acceptors (Lipinski definition) is 2. The van der Waals surface area contributed by atoms with Gasteiger partial charge in [-0.15, -0.1) is 0 Å². The van der Waals surface area contributed by atoms with Crippen LogP contribution in [-0.2, 0) is 0 Å². The Labute approximate surface area is 73.5 Å². The predicted octanol–water partition coefficient (Wildman–Crippen LogP) is 2.19. The lowest BCUT2D eigenvalue weighted by atomic mass is 10.1. The zero-order valence-electron chi connectivity index (χ0n) is 7.06. The average molecular weight is 193 g/mol. The van der Waals surface area contributed by atoms with Crippen LogP contribution < -0.4 is 5.73 Å². The van der Waals surface area contributed by atoms with Crippen LogP contribution in [0.1, 0.15) is 17.4 Å². The highest BCUT2D eigenvalue weighted by Gasteiger charge is 2.41. The normalized spacial score (nSPS) is 14.5. The van der Waals surface area contributed by atoms with Gasteiger partial charge in [0.1, 0.15) is 17.4 Å². The molecule has 0 spiro atoms. The first-order valence-electron chi connectivity index (χ1n) is 3.78. The smallest absolute Gasteiger partial charge is 0.399 e. The molecule has 0 aliphatic carbocycles. The average Bonchev–Trinajstić information content (AvgIpc) is 2.34. The van der Waals surface area contributed by atoms with Crippen LogP contribution in [0, 0.1) is 6.92 Å². The third kappa shape index (κ3) is 2.24. The topological polar surface area (TPSA) is 39.2 Å². The first kappa shape index (κ1) is 10.1. The Morgan fingerprint density at radius 1 is 1.46 bits per heavy atom. The molecule has 1 atom stereocenters. The van der Waals surface area contributed by atoms with Crippen molar-refractivity contribution in [3.8, 4) is 0 Å². The largest absolute Gasteiger partial charge is 0.466 e. The molecule has 1 unspecified atom stereocenters. The maximum Gasteiger partial charge on any atom is 0.399 e. The van der Waals surface area contributed by atoms with E-state index in [2.05, 4.69) is 0 Å². The summed E-state index contributed by atoms with van der Waals surface area (Å²) in [7, 11) is 0. The van der Waals surface area contributed by atoms with Crippen molar-refractivity contribution < 1.29 is 17.6 Å². The van der Waals surface area contributed by atoms with E-state index in [1.807, 2.05) is 0 Å². The summed E-state index contributed by atoms with van der Waals surface area (Å²) >= 11 is 0. The van der Waals surface area contributed by atoms with Crippen LogP contribution >= 0.6 is 0 Å². The lowest BCUT2D eigenvalue weighted by Gasteiger charge is -2.15. The number of nitrogens with two attached hydrogens (primary N) is 1. The number of hydrogen-bond donors (Lipinski definition) is 1. The van der Waals surface area contributed by atoms with Crippen LogP contribution in [0.15, 0.2) is 16.5 Å². The zero-order chi connectivity index (χ0) is 10.1. The van der Waals surface area contributed by atoms with Gasteiger partial charge in [0.05, 0.1) is 0 Å². The van der Waals surface area contributed by atoms with E-state index in [-0.39, 0.29) is 5.76 Å². The van der Waals surface area contributed by atoms with Crippen molar-refractivity contribution in [2.45, 2.75) is 19.0 Å². The zero-order valence-corrected chi connectivity index (χ0v) is 7.06. The second kappa shape index (κ2) is 3.41. The maximum atomic E-state index is 12.3. The first-order valence-corrected chi connectivity index (χ1v) is 3.78. The van der Waals surface area contributed by atoms with Crippen LogP contribution in [0.3, 0.4) is 0 Å². The molecule has 0 fully saturated rings. The Morgan fingerprint density at radius 3 is 2.38 bits per heavy atom. The molecule has 0 saturated carbocycles. The summed E-state index contributed by atoms with van der Waals surface area (Å²) in [5.74, 6) is -1.36. The van der Waals surface area contributed by atoms with Crippen molar-refractivity contribution in [3.05, 3.63) is 23.7 Å².